The maximum atomic E-state index is 10.7. The Morgan fingerprint density at radius 3 is 2.80 bits per heavy atom. The highest BCUT2D eigenvalue weighted by Crippen LogP contribution is 1.88. The standard InChI is InChI=1S/C4H10BrN3O2/c1-7(4-3-5)8(9)6-10-2/h3-4H2,1-2H3. The van der Waals surface area contributed by atoms with Gasteiger partial charge in [-0.15, -0.1) is 5.01 Å². The normalized spacial score (nSPS) is 11.3. The lowest BCUT2D eigenvalue weighted by atomic mass is 10.7. The van der Waals surface area contributed by atoms with Gasteiger partial charge in [0.05, 0.1) is 18.6 Å². The molecular weight excluding hydrogens is 202 g/mol. The number of hydrogen-bond donors (Lipinski definition) is 0. The first-order chi connectivity index (χ1) is 4.72. The number of alkyl halides is 1. The lowest BCUT2D eigenvalue weighted by Crippen LogP contribution is -2.27. The molecule has 0 bridgehead atoms. The highest BCUT2D eigenvalue weighted by Gasteiger charge is 2.02. The Morgan fingerprint density at radius 1 is 1.80 bits per heavy atom. The van der Waals surface area contributed by atoms with E-state index < -0.39 is 0 Å². The van der Waals surface area contributed by atoms with Gasteiger partial charge in [0.25, 0.3) is 0 Å². The lowest BCUT2D eigenvalue weighted by Gasteiger charge is -2.09. The molecule has 0 rings (SSSR count). The first-order valence-electron chi connectivity index (χ1n) is 2.70. The fourth-order valence-electron chi connectivity index (χ4n) is 0.340. The highest BCUT2D eigenvalue weighted by molar-refractivity contribution is 9.09. The van der Waals surface area contributed by atoms with Crippen LogP contribution < -0.4 is 0 Å². The molecule has 0 amide bonds. The van der Waals surface area contributed by atoms with Crippen molar-refractivity contribution in [2.24, 2.45) is 5.28 Å². The smallest absolute Gasteiger partial charge is 0.232 e. The first-order valence-corrected chi connectivity index (χ1v) is 3.83. The third kappa shape index (κ3) is 3.49. The Kier molecular flexibility index (Phi) is 5.00. The van der Waals surface area contributed by atoms with E-state index in [-0.39, 0.29) is 0 Å². The van der Waals surface area contributed by atoms with Crippen molar-refractivity contribution in [2.45, 2.75) is 0 Å². The van der Waals surface area contributed by atoms with E-state index in [1.54, 1.807) is 7.05 Å². The molecule has 0 aromatic heterocycles. The van der Waals surface area contributed by atoms with Crippen molar-refractivity contribution >= 4 is 15.9 Å². The molecule has 5 nitrogen and oxygen atoms in total. The van der Waals surface area contributed by atoms with Crippen LogP contribution in [0.25, 0.3) is 0 Å². The molecule has 60 valence electrons. The minimum atomic E-state index is 0.390. The molecular formula is C4H10BrN3O2. The largest absolute Gasteiger partial charge is 0.569 e. The molecule has 0 aliphatic heterocycles. The highest BCUT2D eigenvalue weighted by atomic mass is 79.9. The van der Waals surface area contributed by atoms with Crippen LogP contribution in [0.1, 0.15) is 0 Å². The summed E-state index contributed by atoms with van der Waals surface area (Å²) < 4.78 is 0. The van der Waals surface area contributed by atoms with Crippen molar-refractivity contribution in [2.75, 3.05) is 26.0 Å². The molecule has 0 aliphatic carbocycles. The average Bonchev–Trinajstić information content (AvgIpc) is 1.89. The maximum Gasteiger partial charge on any atom is 0.232 e. The van der Waals surface area contributed by atoms with Gasteiger partial charge in [-0.1, -0.05) is 15.9 Å². The summed E-state index contributed by atoms with van der Waals surface area (Å²) in [5.74, 6) is 0. The van der Waals surface area contributed by atoms with Crippen molar-refractivity contribution in [3.63, 3.8) is 0 Å². The number of nitrogens with zero attached hydrogens (tertiary/aromatic N) is 3. The van der Waals surface area contributed by atoms with Crippen LogP contribution >= 0.6 is 15.9 Å². The van der Waals surface area contributed by atoms with E-state index in [1.807, 2.05) is 0 Å². The van der Waals surface area contributed by atoms with Crippen LogP contribution in [0, 0.1) is 5.21 Å². The maximum absolute atomic E-state index is 10.7. The van der Waals surface area contributed by atoms with Gasteiger partial charge in [0.2, 0.25) is 5.28 Å². The first kappa shape index (κ1) is 9.48. The van der Waals surface area contributed by atoms with Gasteiger partial charge < -0.3 is 10.0 Å². The van der Waals surface area contributed by atoms with Gasteiger partial charge in [-0.2, -0.15) is 0 Å². The third-order valence-electron chi connectivity index (χ3n) is 0.852. The zero-order chi connectivity index (χ0) is 7.98. The molecule has 0 N–H and O–H groups in total. The molecule has 0 aliphatic rings. The van der Waals surface area contributed by atoms with Gasteiger partial charge in [-0.05, 0) is 0 Å². The molecule has 10 heavy (non-hydrogen) atoms. The van der Waals surface area contributed by atoms with E-state index in [9.17, 15) is 5.21 Å². The van der Waals surface area contributed by atoms with Gasteiger partial charge in [0, 0.05) is 5.33 Å². The second-order valence-corrected chi connectivity index (χ2v) is 2.38. The van der Waals surface area contributed by atoms with E-state index in [1.165, 1.54) is 12.1 Å². The van der Waals surface area contributed by atoms with Crippen LogP contribution in [-0.2, 0) is 4.84 Å². The van der Waals surface area contributed by atoms with Gasteiger partial charge in [-0.25, -0.2) is 0 Å². The molecule has 0 saturated carbocycles. The number of hydrogen-bond acceptors (Lipinski definition) is 3. The van der Waals surface area contributed by atoms with Crippen molar-refractivity contribution < 1.29 is 9.81 Å². The van der Waals surface area contributed by atoms with Crippen molar-refractivity contribution in [1.29, 1.82) is 0 Å². The Morgan fingerprint density at radius 2 is 2.40 bits per heavy atom. The van der Waals surface area contributed by atoms with Gasteiger partial charge in [0.15, 0.2) is 0 Å². The van der Waals surface area contributed by atoms with Crippen LogP contribution in [-0.4, -0.2) is 36.0 Å². The summed E-state index contributed by atoms with van der Waals surface area (Å²) >= 11 is 3.18. The van der Waals surface area contributed by atoms with E-state index >= 15 is 0 Å². The third-order valence-corrected chi connectivity index (χ3v) is 1.21. The summed E-state index contributed by atoms with van der Waals surface area (Å²) in [6.07, 6.45) is 0. The zero-order valence-corrected chi connectivity index (χ0v) is 7.54. The average molecular weight is 212 g/mol. The molecule has 0 aromatic carbocycles. The summed E-state index contributed by atoms with van der Waals surface area (Å²) in [6, 6.07) is 0. The lowest BCUT2D eigenvalue weighted by molar-refractivity contribution is -0.703. The summed E-state index contributed by atoms with van der Waals surface area (Å²) in [5, 5.41) is 15.9. The van der Waals surface area contributed by atoms with Gasteiger partial charge >= 0.3 is 0 Å². The van der Waals surface area contributed by atoms with Crippen LogP contribution in [0.4, 0.5) is 0 Å². The zero-order valence-electron chi connectivity index (χ0n) is 5.95. The Hall–Kier alpha value is -0.520. The van der Waals surface area contributed by atoms with Gasteiger partial charge in [0.1, 0.15) is 7.11 Å². The van der Waals surface area contributed by atoms with Crippen LogP contribution in [0.5, 0.6) is 0 Å². The minimum absolute atomic E-state index is 0.390. The molecule has 6 heteroatoms. The molecule has 0 atom stereocenters. The monoisotopic (exact) mass is 211 g/mol. The minimum Gasteiger partial charge on any atom is -0.569 e. The van der Waals surface area contributed by atoms with Crippen LogP contribution in [0.2, 0.25) is 0 Å². The number of halogens is 1. The molecule has 0 saturated heterocycles. The quantitative estimate of drug-likeness (QED) is 0.299. The van der Waals surface area contributed by atoms with E-state index in [0.717, 1.165) is 5.33 Å². The van der Waals surface area contributed by atoms with Crippen molar-refractivity contribution in [3.05, 3.63) is 5.21 Å². The SMILES string of the molecule is CON=[N+]([O-])N(C)CCBr. The molecule has 0 fully saturated rings. The van der Waals surface area contributed by atoms with Crippen LogP contribution in [0.15, 0.2) is 5.28 Å². The fourth-order valence-corrected chi connectivity index (χ4v) is 0.853. The molecule has 0 heterocycles. The molecule has 0 radical (unpaired) electrons. The molecule has 0 aromatic rings. The number of rotatable bonds is 4. The summed E-state index contributed by atoms with van der Waals surface area (Å²) in [5.41, 5.74) is 0. The Bertz CT molecular complexity index is 119. The molecule has 0 unspecified atom stereocenters. The van der Waals surface area contributed by atoms with E-state index in [2.05, 4.69) is 26.0 Å². The number of hydrazine groups is 1. The summed E-state index contributed by atoms with van der Waals surface area (Å²) in [6.45, 7) is 0.594. The molecule has 0 spiro atoms. The fraction of sp³-hybridized carbons (Fsp3) is 1.00. The predicted molar refractivity (Wildman–Crippen MR) is 39.5 cm³/mol. The van der Waals surface area contributed by atoms with Crippen LogP contribution in [0.3, 0.4) is 0 Å². The summed E-state index contributed by atoms with van der Waals surface area (Å²) in [7, 11) is 2.95. The second kappa shape index (κ2) is 5.28. The van der Waals surface area contributed by atoms with Gasteiger partial charge in [-0.3, -0.25) is 0 Å². The summed E-state index contributed by atoms with van der Waals surface area (Å²) in [4.78, 5) is 4.64. The van der Waals surface area contributed by atoms with Crippen molar-refractivity contribution in [3.8, 4) is 0 Å². The van der Waals surface area contributed by atoms with Crippen molar-refractivity contribution in [1.82, 2.24) is 5.01 Å². The van der Waals surface area contributed by atoms with E-state index in [4.69, 9.17) is 0 Å². The van der Waals surface area contributed by atoms with E-state index in [0.29, 0.717) is 11.5 Å². The Balaban J connectivity index is 3.69. The predicted octanol–water partition coefficient (Wildman–Crippen LogP) is 0.752. The second-order valence-electron chi connectivity index (χ2n) is 1.59. The topological polar surface area (TPSA) is 50.9 Å². The Labute approximate surface area is 67.9 Å².